The summed E-state index contributed by atoms with van der Waals surface area (Å²) in [7, 11) is 0. The third kappa shape index (κ3) is 6.89. The Morgan fingerprint density at radius 2 is 1.77 bits per heavy atom. The third-order valence-electron chi connectivity index (χ3n) is 4.80. The Morgan fingerprint density at radius 3 is 2.42 bits per heavy atom. The van der Waals surface area contributed by atoms with Gasteiger partial charge in [0, 0.05) is 30.5 Å². The summed E-state index contributed by atoms with van der Waals surface area (Å²) in [6, 6.07) is 16.3. The Kier molecular flexibility index (Phi) is 7.73. The maximum atomic E-state index is 12.2. The summed E-state index contributed by atoms with van der Waals surface area (Å²) in [5, 5.41) is 8.11. The fourth-order valence-electron chi connectivity index (χ4n) is 3.00. The number of hydrogen-bond donors (Lipinski definition) is 2. The normalized spacial score (nSPS) is 11.1. The molecule has 0 atom stereocenters. The van der Waals surface area contributed by atoms with Crippen molar-refractivity contribution in [3.8, 4) is 11.3 Å². The minimum Gasteiger partial charge on any atom is -0.356 e. The molecule has 3 aromatic rings. The van der Waals surface area contributed by atoms with Crippen molar-refractivity contribution in [3.05, 3.63) is 76.7 Å². The van der Waals surface area contributed by atoms with Crippen molar-refractivity contribution in [2.24, 2.45) is 0 Å². The van der Waals surface area contributed by atoms with Crippen LogP contribution in [0.25, 0.3) is 17.3 Å². The molecule has 0 saturated heterocycles. The SMILES string of the molecule is CC(=O)NCCc1ccc(-c2csc(NC(=O)/C=C/c3ccc(C(C)C)cc3)n2)cc1. The topological polar surface area (TPSA) is 71.1 Å². The van der Waals surface area contributed by atoms with E-state index in [2.05, 4.69) is 41.6 Å². The third-order valence-corrected chi connectivity index (χ3v) is 5.56. The summed E-state index contributed by atoms with van der Waals surface area (Å²) in [4.78, 5) is 27.7. The Balaban J connectivity index is 1.55. The van der Waals surface area contributed by atoms with Gasteiger partial charge in [-0.3, -0.25) is 14.9 Å². The highest BCUT2D eigenvalue weighted by Gasteiger charge is 2.07. The summed E-state index contributed by atoms with van der Waals surface area (Å²) >= 11 is 1.40. The van der Waals surface area contributed by atoms with Crippen LogP contribution in [-0.2, 0) is 16.0 Å². The second-order valence-electron chi connectivity index (χ2n) is 7.61. The fourth-order valence-corrected chi connectivity index (χ4v) is 3.72. The van der Waals surface area contributed by atoms with Gasteiger partial charge in [0.2, 0.25) is 11.8 Å². The summed E-state index contributed by atoms with van der Waals surface area (Å²) in [6.45, 7) is 6.45. The molecule has 0 fully saturated rings. The molecule has 3 rings (SSSR count). The number of amides is 2. The van der Waals surface area contributed by atoms with Crippen LogP contribution in [0.4, 0.5) is 5.13 Å². The number of carbonyl (C=O) groups excluding carboxylic acids is 2. The van der Waals surface area contributed by atoms with Crippen molar-refractivity contribution in [2.45, 2.75) is 33.1 Å². The zero-order chi connectivity index (χ0) is 22.2. The lowest BCUT2D eigenvalue weighted by Crippen LogP contribution is -2.22. The first kappa shape index (κ1) is 22.4. The molecule has 1 aromatic heterocycles. The van der Waals surface area contributed by atoms with E-state index in [4.69, 9.17) is 0 Å². The van der Waals surface area contributed by atoms with Gasteiger partial charge in [0.15, 0.2) is 5.13 Å². The number of nitrogens with zero attached hydrogens (tertiary/aromatic N) is 1. The van der Waals surface area contributed by atoms with Crippen molar-refractivity contribution in [1.82, 2.24) is 10.3 Å². The van der Waals surface area contributed by atoms with Gasteiger partial charge in [-0.05, 0) is 35.1 Å². The maximum absolute atomic E-state index is 12.2. The Hall–Kier alpha value is -3.25. The predicted molar refractivity (Wildman–Crippen MR) is 128 cm³/mol. The molecule has 0 aliphatic carbocycles. The van der Waals surface area contributed by atoms with Crippen LogP contribution in [0.3, 0.4) is 0 Å². The van der Waals surface area contributed by atoms with E-state index in [0.29, 0.717) is 17.6 Å². The molecule has 1 heterocycles. The summed E-state index contributed by atoms with van der Waals surface area (Å²) in [6.07, 6.45) is 4.10. The largest absolute Gasteiger partial charge is 0.356 e. The zero-order valence-corrected chi connectivity index (χ0v) is 18.8. The number of carbonyl (C=O) groups is 2. The molecule has 2 N–H and O–H groups in total. The molecule has 0 bridgehead atoms. The van der Waals surface area contributed by atoms with Gasteiger partial charge in [0.1, 0.15) is 0 Å². The lowest BCUT2D eigenvalue weighted by Gasteiger charge is -2.04. The molecule has 0 aliphatic heterocycles. The Morgan fingerprint density at radius 1 is 1.06 bits per heavy atom. The van der Waals surface area contributed by atoms with Crippen LogP contribution >= 0.6 is 11.3 Å². The quantitative estimate of drug-likeness (QED) is 0.476. The molecule has 6 heteroatoms. The lowest BCUT2D eigenvalue weighted by atomic mass is 10.0. The highest BCUT2D eigenvalue weighted by molar-refractivity contribution is 7.14. The Labute approximate surface area is 187 Å². The van der Waals surface area contributed by atoms with Crippen molar-refractivity contribution < 1.29 is 9.59 Å². The van der Waals surface area contributed by atoms with E-state index in [1.54, 1.807) is 6.08 Å². The van der Waals surface area contributed by atoms with Gasteiger partial charge < -0.3 is 5.32 Å². The Bertz CT molecular complexity index is 1050. The van der Waals surface area contributed by atoms with Gasteiger partial charge in [-0.1, -0.05) is 62.4 Å². The standard InChI is InChI=1S/C25H27N3O2S/c1-17(2)21-9-4-19(5-10-21)8-13-24(30)28-25-27-23(16-31-25)22-11-6-20(7-12-22)14-15-26-18(3)29/h4-13,16-17H,14-15H2,1-3H3,(H,26,29)(H,27,28,30)/b13-8+. The minimum atomic E-state index is -0.206. The molecular weight excluding hydrogens is 406 g/mol. The molecule has 5 nitrogen and oxygen atoms in total. The smallest absolute Gasteiger partial charge is 0.250 e. The summed E-state index contributed by atoms with van der Waals surface area (Å²) in [5.41, 5.74) is 5.21. The molecule has 2 aromatic carbocycles. The zero-order valence-electron chi connectivity index (χ0n) is 18.0. The highest BCUT2D eigenvalue weighted by Crippen LogP contribution is 2.25. The van der Waals surface area contributed by atoms with E-state index in [1.807, 2.05) is 41.8 Å². The van der Waals surface area contributed by atoms with Crippen molar-refractivity contribution >= 4 is 34.4 Å². The molecule has 0 aliphatic rings. The number of thiazole rings is 1. The summed E-state index contributed by atoms with van der Waals surface area (Å²) < 4.78 is 0. The van der Waals surface area contributed by atoms with Crippen LogP contribution in [0.5, 0.6) is 0 Å². The van der Waals surface area contributed by atoms with Crippen LogP contribution in [-0.4, -0.2) is 23.3 Å². The monoisotopic (exact) mass is 433 g/mol. The van der Waals surface area contributed by atoms with Crippen LogP contribution in [0.1, 0.15) is 43.4 Å². The molecular formula is C25H27N3O2S. The molecule has 0 radical (unpaired) electrons. The van der Waals surface area contributed by atoms with E-state index < -0.39 is 0 Å². The summed E-state index contributed by atoms with van der Waals surface area (Å²) in [5.74, 6) is 0.259. The van der Waals surface area contributed by atoms with E-state index in [-0.39, 0.29) is 11.8 Å². The first-order valence-corrected chi connectivity index (χ1v) is 11.2. The number of aromatic nitrogens is 1. The van der Waals surface area contributed by atoms with E-state index >= 15 is 0 Å². The maximum Gasteiger partial charge on any atom is 0.250 e. The number of nitrogens with one attached hydrogen (secondary N) is 2. The molecule has 0 spiro atoms. The molecule has 31 heavy (non-hydrogen) atoms. The number of benzene rings is 2. The number of anilines is 1. The van der Waals surface area contributed by atoms with Gasteiger partial charge in [0.25, 0.3) is 0 Å². The van der Waals surface area contributed by atoms with Crippen molar-refractivity contribution in [1.29, 1.82) is 0 Å². The van der Waals surface area contributed by atoms with Gasteiger partial charge in [0.05, 0.1) is 5.69 Å². The molecule has 2 amide bonds. The van der Waals surface area contributed by atoms with Crippen LogP contribution in [0.2, 0.25) is 0 Å². The number of rotatable bonds is 8. The second-order valence-corrected chi connectivity index (χ2v) is 8.47. The van der Waals surface area contributed by atoms with Crippen LogP contribution in [0.15, 0.2) is 60.0 Å². The van der Waals surface area contributed by atoms with Gasteiger partial charge in [-0.25, -0.2) is 4.98 Å². The molecule has 0 unspecified atom stereocenters. The molecule has 0 saturated carbocycles. The second kappa shape index (κ2) is 10.7. The fraction of sp³-hybridized carbons (Fsp3) is 0.240. The van der Waals surface area contributed by atoms with E-state index in [1.165, 1.54) is 29.9 Å². The highest BCUT2D eigenvalue weighted by atomic mass is 32.1. The minimum absolute atomic E-state index is 0.0208. The lowest BCUT2D eigenvalue weighted by molar-refractivity contribution is -0.119. The van der Waals surface area contributed by atoms with Crippen molar-refractivity contribution in [3.63, 3.8) is 0 Å². The van der Waals surface area contributed by atoms with Gasteiger partial charge in [-0.2, -0.15) is 0 Å². The van der Waals surface area contributed by atoms with Crippen LogP contribution < -0.4 is 10.6 Å². The average molecular weight is 434 g/mol. The number of hydrogen-bond acceptors (Lipinski definition) is 4. The van der Waals surface area contributed by atoms with Gasteiger partial charge >= 0.3 is 0 Å². The molecule has 160 valence electrons. The van der Waals surface area contributed by atoms with E-state index in [9.17, 15) is 9.59 Å². The first-order valence-electron chi connectivity index (χ1n) is 10.3. The average Bonchev–Trinajstić information content (AvgIpc) is 3.21. The van der Waals surface area contributed by atoms with Gasteiger partial charge in [-0.15, -0.1) is 11.3 Å². The first-order chi connectivity index (χ1) is 14.9. The van der Waals surface area contributed by atoms with Crippen molar-refractivity contribution in [2.75, 3.05) is 11.9 Å². The van der Waals surface area contributed by atoms with E-state index in [0.717, 1.165) is 28.8 Å². The predicted octanol–water partition coefficient (Wildman–Crippen LogP) is 5.26. The van der Waals surface area contributed by atoms with Crippen LogP contribution in [0, 0.1) is 0 Å².